The molecule has 0 aliphatic carbocycles. The normalized spacial score (nSPS) is 15.5. The van der Waals surface area contributed by atoms with Crippen LogP contribution in [-0.4, -0.2) is 18.5 Å². The molecule has 92 valence electrons. The molecular formula is C13H24N2O. The highest BCUT2D eigenvalue weighted by Gasteiger charge is 2.15. The summed E-state index contributed by atoms with van der Waals surface area (Å²) in [5.74, 6) is 0.379. The van der Waals surface area contributed by atoms with Gasteiger partial charge >= 0.3 is 0 Å². The smallest absolute Gasteiger partial charge is 0.237 e. The van der Waals surface area contributed by atoms with Crippen molar-refractivity contribution in [2.45, 2.75) is 39.7 Å². The van der Waals surface area contributed by atoms with Crippen molar-refractivity contribution in [3.8, 4) is 0 Å². The molecule has 16 heavy (non-hydrogen) atoms. The van der Waals surface area contributed by atoms with Gasteiger partial charge in [0.05, 0.1) is 6.04 Å². The van der Waals surface area contributed by atoms with Crippen molar-refractivity contribution in [2.24, 2.45) is 11.7 Å². The molecule has 0 aromatic rings. The van der Waals surface area contributed by atoms with Crippen molar-refractivity contribution < 1.29 is 4.79 Å². The lowest BCUT2D eigenvalue weighted by Gasteiger charge is -2.15. The highest BCUT2D eigenvalue weighted by Crippen LogP contribution is 2.10. The maximum atomic E-state index is 11.5. The van der Waals surface area contributed by atoms with Crippen LogP contribution in [0.3, 0.4) is 0 Å². The molecule has 0 bridgehead atoms. The van der Waals surface area contributed by atoms with Crippen molar-refractivity contribution in [3.05, 3.63) is 24.3 Å². The fraction of sp³-hybridized carbons (Fsp3) is 0.615. The largest absolute Gasteiger partial charge is 0.351 e. The first-order valence-electron chi connectivity index (χ1n) is 5.87. The third kappa shape index (κ3) is 7.23. The van der Waals surface area contributed by atoms with Crippen LogP contribution >= 0.6 is 0 Å². The van der Waals surface area contributed by atoms with E-state index in [2.05, 4.69) is 18.3 Å². The van der Waals surface area contributed by atoms with E-state index < -0.39 is 6.04 Å². The Hall–Kier alpha value is -1.09. The standard InChI is InChI=1S/C13H24N2O/c1-4-6-8-11(3)10-12(14)13(16)15-9-7-5-2/h4-7,11-12H,8-10,14H2,1-3H3,(H,15,16)/b6-4-,7-5+. The van der Waals surface area contributed by atoms with Crippen molar-refractivity contribution in [1.82, 2.24) is 5.32 Å². The first kappa shape index (κ1) is 14.9. The van der Waals surface area contributed by atoms with Crippen molar-refractivity contribution >= 4 is 5.91 Å². The number of nitrogens with two attached hydrogens (primary N) is 1. The van der Waals surface area contributed by atoms with Crippen LogP contribution in [0, 0.1) is 5.92 Å². The number of nitrogens with one attached hydrogen (secondary N) is 1. The zero-order valence-electron chi connectivity index (χ0n) is 10.6. The topological polar surface area (TPSA) is 55.1 Å². The van der Waals surface area contributed by atoms with Gasteiger partial charge in [-0.25, -0.2) is 0 Å². The van der Waals surface area contributed by atoms with Crippen LogP contribution in [0.25, 0.3) is 0 Å². The summed E-state index contributed by atoms with van der Waals surface area (Å²) in [5, 5.41) is 2.78. The number of hydrogen-bond acceptors (Lipinski definition) is 2. The SMILES string of the molecule is C/C=C\CC(C)CC(N)C(=O)NC/C=C/C. The lowest BCUT2D eigenvalue weighted by Crippen LogP contribution is -2.41. The maximum Gasteiger partial charge on any atom is 0.237 e. The van der Waals surface area contributed by atoms with Gasteiger partial charge in [-0.2, -0.15) is 0 Å². The van der Waals surface area contributed by atoms with Crippen LogP contribution in [0.2, 0.25) is 0 Å². The summed E-state index contributed by atoms with van der Waals surface area (Å²) in [6, 6.07) is -0.398. The minimum absolute atomic E-state index is 0.0644. The molecule has 0 aromatic carbocycles. The highest BCUT2D eigenvalue weighted by molar-refractivity contribution is 5.81. The number of rotatable bonds is 7. The predicted molar refractivity (Wildman–Crippen MR) is 69.0 cm³/mol. The van der Waals surface area contributed by atoms with Crippen LogP contribution < -0.4 is 11.1 Å². The number of hydrogen-bond donors (Lipinski definition) is 2. The zero-order valence-corrected chi connectivity index (χ0v) is 10.6. The highest BCUT2D eigenvalue weighted by atomic mass is 16.2. The Balaban J connectivity index is 3.85. The number of allylic oxidation sites excluding steroid dienone is 3. The second kappa shape index (κ2) is 9.16. The first-order valence-corrected chi connectivity index (χ1v) is 5.87. The van der Waals surface area contributed by atoms with Crippen LogP contribution in [0.15, 0.2) is 24.3 Å². The number of amides is 1. The van der Waals surface area contributed by atoms with Gasteiger partial charge in [-0.05, 0) is 32.6 Å². The molecule has 0 aliphatic heterocycles. The van der Waals surface area contributed by atoms with E-state index in [1.54, 1.807) is 0 Å². The summed E-state index contributed by atoms with van der Waals surface area (Å²) in [6.45, 7) is 6.59. The van der Waals surface area contributed by atoms with Gasteiger partial charge in [0.1, 0.15) is 0 Å². The Morgan fingerprint density at radius 1 is 1.31 bits per heavy atom. The van der Waals surface area contributed by atoms with E-state index in [-0.39, 0.29) is 5.91 Å². The van der Waals surface area contributed by atoms with Gasteiger partial charge in [-0.1, -0.05) is 31.2 Å². The van der Waals surface area contributed by atoms with Crippen LogP contribution in [-0.2, 0) is 4.79 Å². The fourth-order valence-corrected chi connectivity index (χ4v) is 1.41. The van der Waals surface area contributed by atoms with Crippen molar-refractivity contribution in [2.75, 3.05) is 6.54 Å². The average molecular weight is 224 g/mol. The Kier molecular flexibility index (Phi) is 8.53. The summed E-state index contributed by atoms with van der Waals surface area (Å²) < 4.78 is 0. The molecule has 0 fully saturated rings. The Morgan fingerprint density at radius 3 is 2.50 bits per heavy atom. The molecule has 0 saturated carbocycles. The molecule has 2 atom stereocenters. The molecule has 0 spiro atoms. The summed E-state index contributed by atoms with van der Waals surface area (Å²) >= 11 is 0. The van der Waals surface area contributed by atoms with Gasteiger partial charge in [-0.15, -0.1) is 0 Å². The minimum atomic E-state index is -0.398. The summed E-state index contributed by atoms with van der Waals surface area (Å²) in [7, 11) is 0. The molecule has 0 aromatic heterocycles. The summed E-state index contributed by atoms with van der Waals surface area (Å²) in [5.41, 5.74) is 5.81. The summed E-state index contributed by atoms with van der Waals surface area (Å²) in [4.78, 5) is 11.5. The Morgan fingerprint density at radius 2 is 1.94 bits per heavy atom. The molecule has 1 amide bonds. The van der Waals surface area contributed by atoms with Gasteiger partial charge < -0.3 is 11.1 Å². The molecule has 3 N–H and O–H groups in total. The second-order valence-electron chi connectivity index (χ2n) is 4.07. The molecule has 0 rings (SSSR count). The molecular weight excluding hydrogens is 200 g/mol. The zero-order chi connectivity index (χ0) is 12.4. The third-order valence-corrected chi connectivity index (χ3v) is 2.40. The van der Waals surface area contributed by atoms with E-state index in [0.29, 0.717) is 12.5 Å². The van der Waals surface area contributed by atoms with E-state index in [0.717, 1.165) is 12.8 Å². The van der Waals surface area contributed by atoms with Crippen LogP contribution in [0.4, 0.5) is 0 Å². The van der Waals surface area contributed by atoms with E-state index in [9.17, 15) is 4.79 Å². The van der Waals surface area contributed by atoms with Gasteiger partial charge in [0.25, 0.3) is 0 Å². The molecule has 3 nitrogen and oxygen atoms in total. The van der Waals surface area contributed by atoms with E-state index in [1.807, 2.05) is 32.1 Å². The lowest BCUT2D eigenvalue weighted by molar-refractivity contribution is -0.122. The van der Waals surface area contributed by atoms with E-state index >= 15 is 0 Å². The Bertz CT molecular complexity index is 246. The molecule has 0 saturated heterocycles. The van der Waals surface area contributed by atoms with Crippen molar-refractivity contribution in [1.29, 1.82) is 0 Å². The second-order valence-corrected chi connectivity index (χ2v) is 4.07. The monoisotopic (exact) mass is 224 g/mol. The lowest BCUT2D eigenvalue weighted by atomic mass is 9.98. The summed E-state index contributed by atoms with van der Waals surface area (Å²) in [6.07, 6.45) is 9.63. The predicted octanol–water partition coefficient (Wildman–Crippen LogP) is 2.00. The Labute approximate surface area is 98.8 Å². The minimum Gasteiger partial charge on any atom is -0.351 e. The van der Waals surface area contributed by atoms with Gasteiger partial charge in [0.2, 0.25) is 5.91 Å². The fourth-order valence-electron chi connectivity index (χ4n) is 1.41. The molecule has 0 aliphatic rings. The van der Waals surface area contributed by atoms with E-state index in [4.69, 9.17) is 5.73 Å². The van der Waals surface area contributed by atoms with Gasteiger partial charge in [-0.3, -0.25) is 4.79 Å². The third-order valence-electron chi connectivity index (χ3n) is 2.40. The van der Waals surface area contributed by atoms with E-state index in [1.165, 1.54) is 0 Å². The maximum absolute atomic E-state index is 11.5. The first-order chi connectivity index (χ1) is 7.61. The molecule has 0 heterocycles. The molecule has 3 heteroatoms. The molecule has 0 radical (unpaired) electrons. The molecule has 2 unspecified atom stereocenters. The number of carbonyl (C=O) groups is 1. The average Bonchev–Trinajstić information content (AvgIpc) is 2.26. The van der Waals surface area contributed by atoms with Crippen LogP contribution in [0.1, 0.15) is 33.6 Å². The van der Waals surface area contributed by atoms with Gasteiger partial charge in [0, 0.05) is 6.54 Å². The number of carbonyl (C=O) groups excluding carboxylic acids is 1. The quantitative estimate of drug-likeness (QED) is 0.650. The van der Waals surface area contributed by atoms with Crippen LogP contribution in [0.5, 0.6) is 0 Å². The van der Waals surface area contributed by atoms with Crippen molar-refractivity contribution in [3.63, 3.8) is 0 Å². The van der Waals surface area contributed by atoms with Gasteiger partial charge in [0.15, 0.2) is 0 Å².